The fourth-order valence-electron chi connectivity index (χ4n) is 4.24. The highest BCUT2D eigenvalue weighted by atomic mass is 79.9. The summed E-state index contributed by atoms with van der Waals surface area (Å²) in [6.45, 7) is 29.8. The van der Waals surface area contributed by atoms with E-state index < -0.39 is 25.7 Å². The van der Waals surface area contributed by atoms with E-state index in [1.165, 1.54) is 42.5 Å². The Bertz CT molecular complexity index is 1600. The number of nitriles is 1. The lowest BCUT2D eigenvalue weighted by Gasteiger charge is -2.32. The second kappa shape index (κ2) is 14.0. The molecule has 0 amide bonds. The molecule has 46 heavy (non-hydrogen) atoms. The maximum Gasteiger partial charge on any atom is 0.488 e. The quantitative estimate of drug-likeness (QED) is 0.198. The number of rotatable bonds is 2. The van der Waals surface area contributed by atoms with Gasteiger partial charge in [0.05, 0.1) is 47.2 Å². The molecule has 3 aromatic rings. The number of hydrogen-bond acceptors (Lipinski definition) is 5. The molecule has 5 rings (SSSR count). The first-order valence-electron chi connectivity index (χ1n) is 14.2. The highest BCUT2D eigenvalue weighted by Gasteiger charge is 2.63. The molecule has 0 N–H and O–H groups in total. The molecule has 0 aromatic heterocycles. The van der Waals surface area contributed by atoms with Crippen LogP contribution < -0.4 is 0 Å². The van der Waals surface area contributed by atoms with Gasteiger partial charge < -0.3 is 18.6 Å². The van der Waals surface area contributed by atoms with Gasteiger partial charge in [-0.3, -0.25) is 0 Å². The van der Waals surface area contributed by atoms with Gasteiger partial charge in [-0.25, -0.2) is 22.9 Å². The van der Waals surface area contributed by atoms with E-state index >= 15 is 0 Å². The largest absolute Gasteiger partial charge is 0.488 e. The molecule has 2 heterocycles. The number of hydrogen-bond donors (Lipinski definition) is 0. The first kappa shape index (κ1) is 36.8. The topological polar surface area (TPSA) is 69.4 Å². The normalized spacial score (nSPS) is 18.2. The van der Waals surface area contributed by atoms with Crippen molar-refractivity contribution < 1.29 is 31.8 Å². The molecule has 0 aliphatic carbocycles. The Kier molecular flexibility index (Phi) is 11.2. The molecule has 13 heteroatoms. The van der Waals surface area contributed by atoms with Gasteiger partial charge in [0, 0.05) is 4.47 Å². The number of nitrogens with zero attached hydrogens (tertiary/aromatic N) is 3. The van der Waals surface area contributed by atoms with Crippen LogP contribution in [0, 0.1) is 41.9 Å². The molecule has 7 nitrogen and oxygen atoms in total. The van der Waals surface area contributed by atoms with Crippen molar-refractivity contribution in [1.29, 1.82) is 5.26 Å². The monoisotopic (exact) mass is 693 g/mol. The van der Waals surface area contributed by atoms with Crippen LogP contribution in [0.5, 0.6) is 0 Å². The third kappa shape index (κ3) is 8.20. The second-order valence-electron chi connectivity index (χ2n) is 12.5. The number of halogens is 4. The fraction of sp³-hybridized carbons (Fsp3) is 0.364. The van der Waals surface area contributed by atoms with Crippen LogP contribution in [-0.4, -0.2) is 36.4 Å². The summed E-state index contributed by atoms with van der Waals surface area (Å²) in [6, 6.07) is 13.3. The maximum atomic E-state index is 13.0. The van der Waals surface area contributed by atoms with E-state index in [0.717, 1.165) is 12.1 Å². The van der Waals surface area contributed by atoms with Gasteiger partial charge in [0.2, 0.25) is 5.69 Å². The van der Waals surface area contributed by atoms with E-state index in [9.17, 15) is 13.2 Å². The van der Waals surface area contributed by atoms with Gasteiger partial charge in [0.25, 0.3) is 0 Å². The molecular weight excluding hydrogens is 661 g/mol. The van der Waals surface area contributed by atoms with Crippen LogP contribution in [-0.2, 0) is 18.6 Å². The van der Waals surface area contributed by atoms with Crippen molar-refractivity contribution >= 4 is 41.3 Å². The zero-order chi connectivity index (χ0) is 34.7. The molecule has 3 aromatic carbocycles. The minimum absolute atomic E-state index is 0.0955. The first-order chi connectivity index (χ1) is 21.3. The van der Waals surface area contributed by atoms with Crippen LogP contribution in [0.1, 0.15) is 61.0 Å². The Hall–Kier alpha value is -3.63. The molecule has 2 aliphatic heterocycles. The molecule has 238 valence electrons. The second-order valence-corrected chi connectivity index (χ2v) is 13.4. The Morgan fingerprint density at radius 2 is 1.00 bits per heavy atom. The minimum atomic E-state index is -0.526. The van der Waals surface area contributed by atoms with Crippen LogP contribution in [0.4, 0.5) is 24.5 Å². The van der Waals surface area contributed by atoms with Gasteiger partial charge in [0.1, 0.15) is 17.5 Å². The predicted molar refractivity (Wildman–Crippen MR) is 175 cm³/mol. The molecule has 0 unspecified atom stereocenters. The van der Waals surface area contributed by atoms with Crippen LogP contribution in [0.3, 0.4) is 0 Å². The summed E-state index contributed by atoms with van der Waals surface area (Å²) in [5.74, 6) is -1.43. The van der Waals surface area contributed by atoms with Crippen LogP contribution in [0.25, 0.3) is 20.8 Å². The zero-order valence-electron chi connectivity index (χ0n) is 26.8. The van der Waals surface area contributed by atoms with Crippen molar-refractivity contribution in [2.45, 2.75) is 77.8 Å². The van der Waals surface area contributed by atoms with Crippen LogP contribution in [0.2, 0.25) is 0 Å². The molecule has 2 saturated heterocycles. The summed E-state index contributed by atoms with van der Waals surface area (Å²) in [5, 5.41) is 8.95. The van der Waals surface area contributed by atoms with E-state index in [0.29, 0.717) is 21.3 Å². The third-order valence-electron chi connectivity index (χ3n) is 8.27. The molecule has 2 aliphatic rings. The lowest BCUT2D eigenvalue weighted by molar-refractivity contribution is 0.00578. The van der Waals surface area contributed by atoms with Crippen molar-refractivity contribution in [3.63, 3.8) is 0 Å². The molecular formula is C33H33B2BrF3N3O4. The molecule has 0 saturated carbocycles. The Labute approximate surface area is 277 Å². The van der Waals surface area contributed by atoms with Gasteiger partial charge in [-0.2, -0.15) is 5.26 Å². The van der Waals surface area contributed by atoms with Crippen molar-refractivity contribution in [3.05, 3.63) is 105 Å². The van der Waals surface area contributed by atoms with Crippen LogP contribution >= 0.6 is 15.9 Å². The van der Waals surface area contributed by atoms with Gasteiger partial charge in [-0.15, -0.1) is 0 Å². The third-order valence-corrected chi connectivity index (χ3v) is 8.94. The standard InChI is InChI=1S/C14H6F2N2.C12H24B2O4.C7H3BrFN/c1-18-14-7-11(16)3-5-13(14)12-4-2-10(15)6-9(12)8-17;1-9(2)10(3,4)16-13(15-9)14-17-11(5,6)12(7,8)18-14;1-10-7-4-5(9)2-3-6(7)8/h2-7H;1-8H3;2-4H. The summed E-state index contributed by atoms with van der Waals surface area (Å²) < 4.78 is 62.9. The molecule has 0 radical (unpaired) electrons. The van der Waals surface area contributed by atoms with Gasteiger partial charge in [0.15, 0.2) is 5.69 Å². The number of benzene rings is 3. The molecule has 0 atom stereocenters. The van der Waals surface area contributed by atoms with E-state index in [-0.39, 0.29) is 39.5 Å². The lowest BCUT2D eigenvalue weighted by Crippen LogP contribution is -2.41. The van der Waals surface area contributed by atoms with Gasteiger partial charge in [-0.1, -0.05) is 34.1 Å². The lowest BCUT2D eigenvalue weighted by atomic mass is 9.49. The van der Waals surface area contributed by atoms with E-state index in [4.69, 9.17) is 37.0 Å². The highest BCUT2D eigenvalue weighted by Crippen LogP contribution is 2.43. The van der Waals surface area contributed by atoms with Crippen molar-refractivity contribution in [2.75, 3.05) is 0 Å². The van der Waals surface area contributed by atoms with E-state index in [1.54, 1.807) is 0 Å². The molecule has 0 bridgehead atoms. The van der Waals surface area contributed by atoms with Crippen molar-refractivity contribution in [1.82, 2.24) is 0 Å². The predicted octanol–water partition coefficient (Wildman–Crippen LogP) is 9.44. The SMILES string of the molecule is CC1(C)OB(B2OC(C)(C)C(C)(C)O2)OC1(C)C.[C-]#[N+]c1cc(F)ccc1-c1ccc(F)cc1C#N.[C-]#[N+]c1cc(F)ccc1Br. The summed E-state index contributed by atoms with van der Waals surface area (Å²) in [4.78, 5) is 6.31. The first-order valence-corrected chi connectivity index (χ1v) is 15.0. The summed E-state index contributed by atoms with van der Waals surface area (Å²) in [7, 11) is -0.952. The van der Waals surface area contributed by atoms with Crippen molar-refractivity contribution in [2.24, 2.45) is 0 Å². The van der Waals surface area contributed by atoms with Crippen molar-refractivity contribution in [3.8, 4) is 17.2 Å². The zero-order valence-corrected chi connectivity index (χ0v) is 28.4. The van der Waals surface area contributed by atoms with Gasteiger partial charge in [-0.05, 0) is 103 Å². The Morgan fingerprint density at radius 3 is 1.39 bits per heavy atom. The molecule has 0 spiro atoms. The van der Waals surface area contributed by atoms with Gasteiger partial charge >= 0.3 is 14.0 Å². The molecule has 2 fully saturated rings. The summed E-state index contributed by atoms with van der Waals surface area (Å²) in [6.07, 6.45) is 0. The minimum Gasteiger partial charge on any atom is -0.405 e. The van der Waals surface area contributed by atoms with Crippen LogP contribution in [0.15, 0.2) is 59.1 Å². The Morgan fingerprint density at radius 1 is 0.630 bits per heavy atom. The maximum absolute atomic E-state index is 13.0. The average molecular weight is 694 g/mol. The highest BCUT2D eigenvalue weighted by molar-refractivity contribution is 9.10. The fourth-order valence-corrected chi connectivity index (χ4v) is 4.58. The van der Waals surface area contributed by atoms with E-state index in [1.807, 2.05) is 61.5 Å². The average Bonchev–Trinajstić information content (AvgIpc) is 3.34. The summed E-state index contributed by atoms with van der Waals surface area (Å²) >= 11 is 3.11. The Balaban J connectivity index is 0.000000196. The van der Waals surface area contributed by atoms with E-state index in [2.05, 4.69) is 25.6 Å². The summed E-state index contributed by atoms with van der Waals surface area (Å²) in [5.41, 5.74) is -0.0807. The smallest absolute Gasteiger partial charge is 0.405 e.